The first kappa shape index (κ1) is 22.0. The Labute approximate surface area is 180 Å². The number of nitro groups is 1. The SMILES string of the molecule is CC(C)CN1C(=O)C(Nc2ccc(OC(C)C)cc2)=C(c2ccc([N+](=O)[O-])cc2)C1=O. The monoisotopic (exact) mass is 423 g/mol. The number of non-ortho nitro benzene ring substituents is 1. The van der Waals surface area contributed by atoms with Crippen LogP contribution >= 0.6 is 0 Å². The molecule has 0 atom stereocenters. The van der Waals surface area contributed by atoms with Crippen molar-refractivity contribution in [3.63, 3.8) is 0 Å². The topological polar surface area (TPSA) is 102 Å². The van der Waals surface area contributed by atoms with E-state index in [9.17, 15) is 19.7 Å². The molecule has 2 aromatic carbocycles. The number of amides is 2. The number of rotatable bonds is 8. The fourth-order valence-electron chi connectivity index (χ4n) is 3.27. The van der Waals surface area contributed by atoms with Crippen molar-refractivity contribution in [3.8, 4) is 5.75 Å². The number of carbonyl (C=O) groups excluding carboxylic acids is 2. The van der Waals surface area contributed by atoms with Gasteiger partial charge in [-0.15, -0.1) is 0 Å². The van der Waals surface area contributed by atoms with E-state index in [1.165, 1.54) is 29.2 Å². The van der Waals surface area contributed by atoms with Crippen LogP contribution in [0.1, 0.15) is 33.3 Å². The van der Waals surface area contributed by atoms with Gasteiger partial charge in [0, 0.05) is 24.4 Å². The van der Waals surface area contributed by atoms with Crippen LogP contribution in [0, 0.1) is 16.0 Å². The highest BCUT2D eigenvalue weighted by Gasteiger charge is 2.39. The second kappa shape index (κ2) is 8.99. The van der Waals surface area contributed by atoms with E-state index >= 15 is 0 Å². The number of hydrogen-bond donors (Lipinski definition) is 1. The van der Waals surface area contributed by atoms with Gasteiger partial charge in [0.05, 0.1) is 16.6 Å². The van der Waals surface area contributed by atoms with Crippen molar-refractivity contribution in [2.45, 2.75) is 33.8 Å². The van der Waals surface area contributed by atoms with Crippen LogP contribution in [0.3, 0.4) is 0 Å². The molecule has 8 nitrogen and oxygen atoms in total. The Morgan fingerprint density at radius 1 is 0.968 bits per heavy atom. The molecule has 1 aliphatic rings. The lowest BCUT2D eigenvalue weighted by molar-refractivity contribution is -0.384. The lowest BCUT2D eigenvalue weighted by Crippen LogP contribution is -2.35. The van der Waals surface area contributed by atoms with E-state index in [4.69, 9.17) is 4.74 Å². The summed E-state index contributed by atoms with van der Waals surface area (Å²) in [6.45, 7) is 7.98. The summed E-state index contributed by atoms with van der Waals surface area (Å²) in [5.74, 6) is -0.0532. The highest BCUT2D eigenvalue weighted by atomic mass is 16.6. The molecule has 0 bridgehead atoms. The first-order chi connectivity index (χ1) is 14.7. The zero-order valence-corrected chi connectivity index (χ0v) is 17.9. The van der Waals surface area contributed by atoms with Crippen molar-refractivity contribution in [1.29, 1.82) is 0 Å². The van der Waals surface area contributed by atoms with Gasteiger partial charge >= 0.3 is 0 Å². The smallest absolute Gasteiger partial charge is 0.278 e. The zero-order valence-electron chi connectivity index (χ0n) is 17.9. The first-order valence-corrected chi connectivity index (χ1v) is 10.1. The van der Waals surface area contributed by atoms with Gasteiger partial charge in [-0.2, -0.15) is 0 Å². The Morgan fingerprint density at radius 2 is 1.58 bits per heavy atom. The van der Waals surface area contributed by atoms with Crippen molar-refractivity contribution in [1.82, 2.24) is 4.90 Å². The number of nitro benzene ring substituents is 1. The van der Waals surface area contributed by atoms with Gasteiger partial charge < -0.3 is 10.1 Å². The number of hydrogen-bond acceptors (Lipinski definition) is 6. The zero-order chi connectivity index (χ0) is 22.7. The van der Waals surface area contributed by atoms with Crippen LogP contribution in [0.15, 0.2) is 54.2 Å². The van der Waals surface area contributed by atoms with Crippen LogP contribution in [0.4, 0.5) is 11.4 Å². The second-order valence-electron chi connectivity index (χ2n) is 7.98. The molecule has 8 heteroatoms. The Balaban J connectivity index is 1.98. The van der Waals surface area contributed by atoms with E-state index in [0.717, 1.165) is 0 Å². The molecule has 0 unspecified atom stereocenters. The Bertz CT molecular complexity index is 1020. The fraction of sp³-hybridized carbons (Fsp3) is 0.304. The van der Waals surface area contributed by atoms with Crippen molar-refractivity contribution in [3.05, 3.63) is 69.9 Å². The third-order valence-electron chi connectivity index (χ3n) is 4.58. The lowest BCUT2D eigenvalue weighted by atomic mass is 10.0. The number of imide groups is 1. The summed E-state index contributed by atoms with van der Waals surface area (Å²) in [6.07, 6.45) is 0.0360. The standard InChI is InChI=1S/C23H25N3O5/c1-14(2)13-25-22(27)20(16-5-9-18(10-6-16)26(29)30)21(23(25)28)24-17-7-11-19(12-8-17)31-15(3)4/h5-12,14-15,24H,13H2,1-4H3. The Morgan fingerprint density at radius 3 is 2.10 bits per heavy atom. The van der Waals surface area contributed by atoms with Gasteiger partial charge in [0.1, 0.15) is 11.4 Å². The molecule has 1 N–H and O–H groups in total. The highest BCUT2D eigenvalue weighted by Crippen LogP contribution is 2.32. The molecule has 0 radical (unpaired) electrons. The molecule has 31 heavy (non-hydrogen) atoms. The Kier molecular flexibility index (Phi) is 6.39. The van der Waals surface area contributed by atoms with E-state index in [1.807, 2.05) is 27.7 Å². The molecule has 0 saturated carbocycles. The maximum absolute atomic E-state index is 13.1. The number of anilines is 1. The molecular formula is C23H25N3O5. The molecule has 3 rings (SSSR count). The summed E-state index contributed by atoms with van der Waals surface area (Å²) >= 11 is 0. The number of nitrogens with zero attached hydrogens (tertiary/aromatic N) is 2. The van der Waals surface area contributed by atoms with E-state index in [1.54, 1.807) is 24.3 Å². The third-order valence-corrected chi connectivity index (χ3v) is 4.58. The van der Waals surface area contributed by atoms with Crippen molar-refractivity contribution in [2.75, 3.05) is 11.9 Å². The summed E-state index contributed by atoms with van der Waals surface area (Å²) in [4.78, 5) is 37.8. The van der Waals surface area contributed by atoms with Gasteiger partial charge in [-0.05, 0) is 61.7 Å². The van der Waals surface area contributed by atoms with Gasteiger partial charge in [-0.25, -0.2) is 0 Å². The molecule has 0 aromatic heterocycles. The van der Waals surface area contributed by atoms with Crippen LogP contribution in [0.2, 0.25) is 0 Å². The molecule has 0 saturated heterocycles. The van der Waals surface area contributed by atoms with Crippen LogP contribution in [0.25, 0.3) is 5.57 Å². The summed E-state index contributed by atoms with van der Waals surface area (Å²) < 4.78 is 5.63. The maximum atomic E-state index is 13.1. The van der Waals surface area contributed by atoms with Crippen molar-refractivity contribution < 1.29 is 19.2 Å². The number of carbonyl (C=O) groups is 2. The normalized spacial score (nSPS) is 14.1. The summed E-state index contributed by atoms with van der Waals surface area (Å²) in [6, 6.07) is 12.7. The van der Waals surface area contributed by atoms with E-state index in [2.05, 4.69) is 5.32 Å². The van der Waals surface area contributed by atoms with E-state index in [-0.39, 0.29) is 35.5 Å². The molecule has 0 spiro atoms. The van der Waals surface area contributed by atoms with Gasteiger partial charge in [0.15, 0.2) is 0 Å². The number of ether oxygens (including phenoxy) is 1. The minimum absolute atomic E-state index is 0.0360. The van der Waals surface area contributed by atoms with E-state index in [0.29, 0.717) is 17.0 Å². The average molecular weight is 423 g/mol. The van der Waals surface area contributed by atoms with Gasteiger partial charge in [0.2, 0.25) is 0 Å². The van der Waals surface area contributed by atoms with E-state index < -0.39 is 16.7 Å². The molecule has 162 valence electrons. The average Bonchev–Trinajstić information content (AvgIpc) is 2.93. The Hall–Kier alpha value is -3.68. The molecule has 1 aliphatic heterocycles. The lowest BCUT2D eigenvalue weighted by Gasteiger charge is -2.17. The number of nitrogens with one attached hydrogen (secondary N) is 1. The van der Waals surface area contributed by atoms with Crippen LogP contribution in [-0.2, 0) is 9.59 Å². The molecular weight excluding hydrogens is 398 g/mol. The molecule has 1 heterocycles. The third kappa shape index (κ3) is 4.91. The predicted octanol–water partition coefficient (Wildman–Crippen LogP) is 4.23. The highest BCUT2D eigenvalue weighted by molar-refractivity contribution is 6.36. The second-order valence-corrected chi connectivity index (χ2v) is 7.98. The minimum Gasteiger partial charge on any atom is -0.491 e. The quantitative estimate of drug-likeness (QED) is 0.387. The summed E-state index contributed by atoms with van der Waals surface area (Å²) in [5.41, 5.74) is 1.33. The molecule has 0 fully saturated rings. The van der Waals surface area contributed by atoms with Crippen LogP contribution in [0.5, 0.6) is 5.75 Å². The first-order valence-electron chi connectivity index (χ1n) is 10.1. The number of benzene rings is 2. The largest absolute Gasteiger partial charge is 0.491 e. The van der Waals surface area contributed by atoms with Crippen molar-refractivity contribution >= 4 is 28.8 Å². The van der Waals surface area contributed by atoms with Crippen LogP contribution < -0.4 is 10.1 Å². The van der Waals surface area contributed by atoms with Crippen molar-refractivity contribution in [2.24, 2.45) is 5.92 Å². The minimum atomic E-state index is -0.509. The molecule has 0 aliphatic carbocycles. The molecule has 2 aromatic rings. The summed E-state index contributed by atoms with van der Waals surface area (Å²) in [5, 5.41) is 14.0. The van der Waals surface area contributed by atoms with Gasteiger partial charge in [0.25, 0.3) is 17.5 Å². The predicted molar refractivity (Wildman–Crippen MR) is 117 cm³/mol. The summed E-state index contributed by atoms with van der Waals surface area (Å²) in [7, 11) is 0. The van der Waals surface area contributed by atoms with Crippen LogP contribution in [-0.4, -0.2) is 34.3 Å². The fourth-order valence-corrected chi connectivity index (χ4v) is 3.27. The maximum Gasteiger partial charge on any atom is 0.278 e. The molecule has 2 amide bonds. The van der Waals surface area contributed by atoms with Gasteiger partial charge in [-0.1, -0.05) is 13.8 Å². The van der Waals surface area contributed by atoms with Gasteiger partial charge in [-0.3, -0.25) is 24.6 Å².